The molecule has 2 aromatic carbocycles. The van der Waals surface area contributed by atoms with E-state index >= 15 is 0 Å². The Hall–Kier alpha value is -1.71. The van der Waals surface area contributed by atoms with E-state index in [1.807, 2.05) is 24.3 Å². The average Bonchev–Trinajstić information content (AvgIpc) is 2.61. The van der Waals surface area contributed by atoms with Crippen LogP contribution in [0.2, 0.25) is 0 Å². The summed E-state index contributed by atoms with van der Waals surface area (Å²) in [5.41, 5.74) is 2.44. The molecule has 3 rings (SSSR count). The van der Waals surface area contributed by atoms with Crippen LogP contribution >= 0.6 is 12.4 Å². The molecule has 1 heterocycles. The van der Waals surface area contributed by atoms with Crippen molar-refractivity contribution in [3.8, 4) is 11.5 Å². The van der Waals surface area contributed by atoms with Gasteiger partial charge in [0.15, 0.2) is 11.5 Å². The molecule has 0 unspecified atom stereocenters. The van der Waals surface area contributed by atoms with E-state index in [0.29, 0.717) is 12.6 Å². The molecule has 1 atom stereocenters. The molecular weight excluding hydrogens is 310 g/mol. The zero-order valence-corrected chi connectivity index (χ0v) is 14.3. The van der Waals surface area contributed by atoms with Crippen molar-refractivity contribution in [3.63, 3.8) is 0 Å². The van der Waals surface area contributed by atoms with E-state index in [1.165, 1.54) is 24.8 Å². The lowest BCUT2D eigenvalue weighted by molar-refractivity contribution is 0.284. The molecule has 0 bridgehead atoms. The van der Waals surface area contributed by atoms with Crippen LogP contribution in [0.15, 0.2) is 48.5 Å². The smallest absolute Gasteiger partial charge is 0.161 e. The van der Waals surface area contributed by atoms with Crippen LogP contribution < -0.4 is 14.8 Å². The lowest BCUT2D eigenvalue weighted by atomic mass is 9.97. The quantitative estimate of drug-likeness (QED) is 0.873. The Morgan fingerprint density at radius 3 is 2.57 bits per heavy atom. The second kappa shape index (κ2) is 8.80. The normalized spacial score (nSPS) is 17.2. The lowest BCUT2D eigenvalue weighted by Crippen LogP contribution is -2.26. The van der Waals surface area contributed by atoms with Gasteiger partial charge in [0, 0.05) is 6.04 Å². The van der Waals surface area contributed by atoms with Gasteiger partial charge in [-0.1, -0.05) is 42.8 Å². The summed E-state index contributed by atoms with van der Waals surface area (Å²) in [5, 5.41) is 3.57. The first-order valence-corrected chi connectivity index (χ1v) is 7.95. The molecular formula is C19H24ClNO2. The molecule has 1 fully saturated rings. The zero-order valence-electron chi connectivity index (χ0n) is 13.5. The summed E-state index contributed by atoms with van der Waals surface area (Å²) in [6.07, 6.45) is 3.74. The minimum atomic E-state index is 0. The summed E-state index contributed by atoms with van der Waals surface area (Å²) < 4.78 is 11.4. The van der Waals surface area contributed by atoms with Gasteiger partial charge in [-0.15, -0.1) is 12.4 Å². The second-order valence-electron chi connectivity index (χ2n) is 5.69. The van der Waals surface area contributed by atoms with E-state index in [9.17, 15) is 0 Å². The van der Waals surface area contributed by atoms with Crippen LogP contribution in [0, 0.1) is 0 Å². The van der Waals surface area contributed by atoms with Crippen LogP contribution in [-0.2, 0) is 6.61 Å². The molecule has 1 saturated heterocycles. The highest BCUT2D eigenvalue weighted by Gasteiger charge is 2.16. The van der Waals surface area contributed by atoms with Crippen molar-refractivity contribution < 1.29 is 9.47 Å². The molecule has 0 aliphatic carbocycles. The third-order valence-electron chi connectivity index (χ3n) is 4.14. The van der Waals surface area contributed by atoms with Gasteiger partial charge in [0.1, 0.15) is 6.61 Å². The Kier molecular flexibility index (Phi) is 6.75. The van der Waals surface area contributed by atoms with Crippen molar-refractivity contribution in [2.45, 2.75) is 31.9 Å². The highest BCUT2D eigenvalue weighted by molar-refractivity contribution is 5.85. The SMILES string of the molecule is COc1cc([C@@H]2CCCCN2)ccc1OCc1ccccc1.Cl. The first kappa shape index (κ1) is 17.6. The second-order valence-corrected chi connectivity index (χ2v) is 5.69. The molecule has 0 amide bonds. The van der Waals surface area contributed by atoms with Gasteiger partial charge in [0.25, 0.3) is 0 Å². The van der Waals surface area contributed by atoms with Gasteiger partial charge >= 0.3 is 0 Å². The number of ether oxygens (including phenoxy) is 2. The van der Waals surface area contributed by atoms with E-state index in [-0.39, 0.29) is 12.4 Å². The molecule has 1 aliphatic heterocycles. The molecule has 3 nitrogen and oxygen atoms in total. The molecule has 124 valence electrons. The molecule has 1 aliphatic rings. The van der Waals surface area contributed by atoms with Crippen LogP contribution in [0.3, 0.4) is 0 Å². The van der Waals surface area contributed by atoms with Gasteiger partial charge in [-0.2, -0.15) is 0 Å². The maximum atomic E-state index is 5.91. The third-order valence-corrected chi connectivity index (χ3v) is 4.14. The van der Waals surface area contributed by atoms with Gasteiger partial charge in [-0.25, -0.2) is 0 Å². The van der Waals surface area contributed by atoms with Crippen LogP contribution in [0.5, 0.6) is 11.5 Å². The summed E-state index contributed by atoms with van der Waals surface area (Å²) in [7, 11) is 1.70. The van der Waals surface area contributed by atoms with E-state index in [2.05, 4.69) is 29.6 Å². The number of piperidine rings is 1. The minimum absolute atomic E-state index is 0. The Bertz CT molecular complexity index is 598. The Morgan fingerprint density at radius 2 is 1.87 bits per heavy atom. The summed E-state index contributed by atoms with van der Waals surface area (Å²) in [4.78, 5) is 0. The monoisotopic (exact) mass is 333 g/mol. The summed E-state index contributed by atoms with van der Waals surface area (Å²) >= 11 is 0. The number of rotatable bonds is 5. The van der Waals surface area contributed by atoms with Gasteiger partial charge < -0.3 is 14.8 Å². The fourth-order valence-corrected chi connectivity index (χ4v) is 2.89. The summed E-state index contributed by atoms with van der Waals surface area (Å²) in [6, 6.07) is 16.9. The summed E-state index contributed by atoms with van der Waals surface area (Å²) in [5.74, 6) is 1.60. The molecule has 23 heavy (non-hydrogen) atoms. The van der Waals surface area contributed by atoms with E-state index < -0.39 is 0 Å². The maximum Gasteiger partial charge on any atom is 0.161 e. The van der Waals surface area contributed by atoms with Crippen LogP contribution in [-0.4, -0.2) is 13.7 Å². The summed E-state index contributed by atoms with van der Waals surface area (Å²) in [6.45, 7) is 1.65. The Morgan fingerprint density at radius 1 is 1.04 bits per heavy atom. The van der Waals surface area contributed by atoms with Crippen molar-refractivity contribution in [2.24, 2.45) is 0 Å². The van der Waals surface area contributed by atoms with Crippen LogP contribution in [0.1, 0.15) is 36.4 Å². The van der Waals surface area contributed by atoms with Crippen molar-refractivity contribution in [3.05, 3.63) is 59.7 Å². The zero-order chi connectivity index (χ0) is 15.2. The van der Waals surface area contributed by atoms with E-state index in [1.54, 1.807) is 7.11 Å². The fraction of sp³-hybridized carbons (Fsp3) is 0.368. The van der Waals surface area contributed by atoms with Crippen molar-refractivity contribution >= 4 is 12.4 Å². The number of methoxy groups -OCH3 is 1. The Labute approximate surface area is 144 Å². The molecule has 2 aromatic rings. The first-order valence-electron chi connectivity index (χ1n) is 7.95. The molecule has 0 aromatic heterocycles. The average molecular weight is 334 g/mol. The number of hydrogen-bond donors (Lipinski definition) is 1. The largest absolute Gasteiger partial charge is 0.493 e. The molecule has 4 heteroatoms. The predicted octanol–water partition coefficient (Wildman–Crippen LogP) is 4.51. The number of hydrogen-bond acceptors (Lipinski definition) is 3. The highest BCUT2D eigenvalue weighted by atomic mass is 35.5. The first-order chi connectivity index (χ1) is 10.9. The molecule has 0 saturated carbocycles. The minimum Gasteiger partial charge on any atom is -0.493 e. The van der Waals surface area contributed by atoms with E-state index in [4.69, 9.17) is 9.47 Å². The lowest BCUT2D eigenvalue weighted by Gasteiger charge is -2.24. The molecule has 1 N–H and O–H groups in total. The predicted molar refractivity (Wildman–Crippen MR) is 95.6 cm³/mol. The Balaban J connectivity index is 0.00000192. The van der Waals surface area contributed by atoms with Gasteiger partial charge in [-0.3, -0.25) is 0 Å². The maximum absolute atomic E-state index is 5.91. The standard InChI is InChI=1S/C19H23NO2.ClH/c1-21-19-13-16(17-9-5-6-12-20-17)10-11-18(19)22-14-15-7-3-2-4-8-15;/h2-4,7-8,10-11,13,17,20H,5-6,9,12,14H2,1H3;1H/t17-;/m0./s1. The highest BCUT2D eigenvalue weighted by Crippen LogP contribution is 2.33. The van der Waals surface area contributed by atoms with Crippen LogP contribution in [0.4, 0.5) is 0 Å². The van der Waals surface area contributed by atoms with E-state index in [0.717, 1.165) is 23.6 Å². The van der Waals surface area contributed by atoms with Crippen molar-refractivity contribution in [1.29, 1.82) is 0 Å². The number of nitrogens with one attached hydrogen (secondary N) is 1. The van der Waals surface area contributed by atoms with Crippen molar-refractivity contribution in [1.82, 2.24) is 5.32 Å². The van der Waals surface area contributed by atoms with Gasteiger partial charge in [0.05, 0.1) is 7.11 Å². The van der Waals surface area contributed by atoms with Gasteiger partial charge in [-0.05, 0) is 42.6 Å². The van der Waals surface area contributed by atoms with Crippen LogP contribution in [0.25, 0.3) is 0 Å². The van der Waals surface area contributed by atoms with Gasteiger partial charge in [0.2, 0.25) is 0 Å². The third kappa shape index (κ3) is 4.63. The molecule has 0 radical (unpaired) electrons. The number of benzene rings is 2. The van der Waals surface area contributed by atoms with Crippen molar-refractivity contribution in [2.75, 3.05) is 13.7 Å². The fourth-order valence-electron chi connectivity index (χ4n) is 2.89. The topological polar surface area (TPSA) is 30.5 Å². The number of halogens is 1. The molecule has 0 spiro atoms.